The minimum atomic E-state index is -3.90. The lowest BCUT2D eigenvalue weighted by molar-refractivity contribution is 0.0563. The lowest BCUT2D eigenvalue weighted by Gasteiger charge is -2.37. The Morgan fingerprint density at radius 3 is 2.67 bits per heavy atom. The van der Waals surface area contributed by atoms with E-state index in [2.05, 4.69) is 11.1 Å². The Hall–Kier alpha value is -2.75. The van der Waals surface area contributed by atoms with Crippen LogP contribution in [-0.2, 0) is 10.0 Å². The molecule has 3 atom stereocenters. The summed E-state index contributed by atoms with van der Waals surface area (Å²) >= 11 is 0. The van der Waals surface area contributed by atoms with Gasteiger partial charge in [-0.2, -0.15) is 4.31 Å². The zero-order chi connectivity index (χ0) is 25.9. The highest BCUT2D eigenvalue weighted by Gasteiger charge is 2.38. The van der Waals surface area contributed by atoms with Gasteiger partial charge >= 0.3 is 0 Å². The Kier molecular flexibility index (Phi) is 8.12. The van der Waals surface area contributed by atoms with E-state index >= 15 is 0 Å². The zero-order valence-electron chi connectivity index (χ0n) is 21.1. The third kappa shape index (κ3) is 5.48. The number of allylic oxidation sites excluding steroid dienone is 2. The molecule has 1 aromatic heterocycles. The van der Waals surface area contributed by atoms with Crippen LogP contribution in [0.25, 0.3) is 5.57 Å². The Balaban J connectivity index is 1.72. The van der Waals surface area contributed by atoms with Gasteiger partial charge in [-0.05, 0) is 68.0 Å². The number of likely N-dealkylation sites (N-methyl/N-ethyl adjacent to an activating group) is 1. The predicted molar refractivity (Wildman–Crippen MR) is 138 cm³/mol. The highest BCUT2D eigenvalue weighted by atomic mass is 32.2. The van der Waals surface area contributed by atoms with Gasteiger partial charge in [0.25, 0.3) is 5.91 Å². The first-order valence-corrected chi connectivity index (χ1v) is 13.9. The zero-order valence-corrected chi connectivity index (χ0v) is 21.9. The van der Waals surface area contributed by atoms with Crippen molar-refractivity contribution >= 4 is 21.5 Å². The maximum Gasteiger partial charge on any atom is 0.253 e. The fourth-order valence-electron chi connectivity index (χ4n) is 4.81. The van der Waals surface area contributed by atoms with Crippen LogP contribution in [0.3, 0.4) is 0 Å². The molecule has 0 fully saturated rings. The second-order valence-electron chi connectivity index (χ2n) is 9.80. The monoisotopic (exact) mass is 513 g/mol. The lowest BCUT2D eigenvalue weighted by atomic mass is 9.93. The highest BCUT2D eigenvalue weighted by Crippen LogP contribution is 2.37. The topological polar surface area (TPSA) is 100 Å². The van der Waals surface area contributed by atoms with E-state index in [1.807, 2.05) is 19.1 Å². The van der Waals surface area contributed by atoms with E-state index in [0.29, 0.717) is 5.56 Å². The number of fused-ring (bicyclic) bond motifs is 1. The van der Waals surface area contributed by atoms with Crippen LogP contribution in [0.2, 0.25) is 0 Å². The first kappa shape index (κ1) is 26.3. The minimum Gasteiger partial charge on any atom is -0.487 e. The van der Waals surface area contributed by atoms with Gasteiger partial charge in [-0.1, -0.05) is 19.1 Å². The van der Waals surface area contributed by atoms with Crippen molar-refractivity contribution in [3.05, 3.63) is 59.9 Å². The summed E-state index contributed by atoms with van der Waals surface area (Å²) in [7, 11) is -2.19. The number of aromatic nitrogens is 1. The standard InChI is InChI=1S/C27H35N3O5S/c1-19-16-30(20(2)18-31)36(33,34)26-10-9-23(21-7-5-4-6-8-21)15-24(26)35-25(19)17-29(3)27(32)22-11-13-28-14-12-22/h7,9-15,19-20,25,31H,4-6,8,16-18H2,1-3H3/t19-,20-,25+/m0/s1. The average molecular weight is 514 g/mol. The smallest absolute Gasteiger partial charge is 0.253 e. The second kappa shape index (κ2) is 11.1. The SMILES string of the molecule is C[C@H]1CN([C@@H](C)CO)S(=O)(=O)c2ccc(C3=CCCCC3)cc2O[C@@H]1CN(C)C(=O)c1ccncc1. The summed E-state index contributed by atoms with van der Waals surface area (Å²) in [6, 6.07) is 8.02. The predicted octanol–water partition coefficient (Wildman–Crippen LogP) is 3.58. The average Bonchev–Trinajstić information content (AvgIpc) is 2.90. The summed E-state index contributed by atoms with van der Waals surface area (Å²) in [5.41, 5.74) is 2.68. The van der Waals surface area contributed by atoms with Gasteiger partial charge in [-0.15, -0.1) is 0 Å². The van der Waals surface area contributed by atoms with Crippen molar-refractivity contribution in [3.8, 4) is 5.75 Å². The third-order valence-corrected chi connectivity index (χ3v) is 9.08. The maximum atomic E-state index is 13.7. The Morgan fingerprint density at radius 1 is 1.25 bits per heavy atom. The molecular formula is C27H35N3O5S. The molecule has 4 rings (SSSR count). The van der Waals surface area contributed by atoms with Crippen molar-refractivity contribution in [2.75, 3.05) is 26.7 Å². The number of amides is 1. The van der Waals surface area contributed by atoms with Crippen molar-refractivity contribution in [3.63, 3.8) is 0 Å². The largest absolute Gasteiger partial charge is 0.487 e. The number of carbonyl (C=O) groups excluding carboxylic acids is 1. The fraction of sp³-hybridized carbons (Fsp3) is 0.481. The Labute approximate surface area is 213 Å². The molecule has 194 valence electrons. The van der Waals surface area contributed by atoms with Crippen molar-refractivity contribution in [1.82, 2.24) is 14.2 Å². The lowest BCUT2D eigenvalue weighted by Crippen LogP contribution is -2.50. The molecule has 0 unspecified atom stereocenters. The van der Waals surface area contributed by atoms with Crippen LogP contribution in [0.1, 0.15) is 55.5 Å². The van der Waals surface area contributed by atoms with Gasteiger partial charge in [0.05, 0.1) is 13.2 Å². The summed E-state index contributed by atoms with van der Waals surface area (Å²) < 4.78 is 35.2. The summed E-state index contributed by atoms with van der Waals surface area (Å²) in [6.45, 7) is 3.76. The molecule has 1 aliphatic carbocycles. The second-order valence-corrected chi connectivity index (χ2v) is 11.7. The molecule has 1 aromatic carbocycles. The van der Waals surface area contributed by atoms with Crippen LogP contribution in [-0.4, -0.2) is 72.5 Å². The quantitative estimate of drug-likeness (QED) is 0.634. The van der Waals surface area contributed by atoms with Gasteiger partial charge in [-0.25, -0.2) is 8.42 Å². The van der Waals surface area contributed by atoms with Gasteiger partial charge in [0.1, 0.15) is 16.7 Å². The van der Waals surface area contributed by atoms with Gasteiger partial charge in [0, 0.05) is 43.5 Å². The summed E-state index contributed by atoms with van der Waals surface area (Å²) in [6.07, 6.45) is 9.12. The number of hydrogen-bond acceptors (Lipinski definition) is 6. The Morgan fingerprint density at radius 2 is 2.00 bits per heavy atom. The maximum absolute atomic E-state index is 13.7. The highest BCUT2D eigenvalue weighted by molar-refractivity contribution is 7.89. The molecule has 36 heavy (non-hydrogen) atoms. The molecular weight excluding hydrogens is 478 g/mol. The van der Waals surface area contributed by atoms with E-state index in [1.54, 1.807) is 49.5 Å². The number of carbonyl (C=O) groups is 1. The summed E-state index contributed by atoms with van der Waals surface area (Å²) in [4.78, 5) is 18.7. The van der Waals surface area contributed by atoms with E-state index in [1.165, 1.54) is 9.88 Å². The first-order chi connectivity index (χ1) is 17.2. The van der Waals surface area contributed by atoms with Crippen LogP contribution < -0.4 is 4.74 Å². The van der Waals surface area contributed by atoms with Crippen molar-refractivity contribution in [1.29, 1.82) is 0 Å². The summed E-state index contributed by atoms with van der Waals surface area (Å²) in [5.74, 6) is -0.118. The normalized spacial score (nSPS) is 22.8. The third-order valence-electron chi connectivity index (χ3n) is 7.06. The number of nitrogens with zero attached hydrogens (tertiary/aromatic N) is 3. The molecule has 2 aliphatic rings. The molecule has 8 nitrogen and oxygen atoms in total. The summed E-state index contributed by atoms with van der Waals surface area (Å²) in [5, 5.41) is 9.84. The molecule has 1 amide bonds. The van der Waals surface area contributed by atoms with E-state index in [0.717, 1.165) is 31.2 Å². The van der Waals surface area contributed by atoms with Crippen LogP contribution in [0, 0.1) is 5.92 Å². The molecule has 0 spiro atoms. The molecule has 0 saturated carbocycles. The van der Waals surface area contributed by atoms with Crippen LogP contribution >= 0.6 is 0 Å². The molecule has 0 bridgehead atoms. The number of pyridine rings is 1. The fourth-order valence-corrected chi connectivity index (χ4v) is 6.64. The molecule has 9 heteroatoms. The van der Waals surface area contributed by atoms with Crippen LogP contribution in [0.5, 0.6) is 5.75 Å². The van der Waals surface area contributed by atoms with E-state index in [4.69, 9.17) is 4.74 Å². The number of sulfonamides is 1. The molecule has 1 aliphatic heterocycles. The molecule has 2 aromatic rings. The first-order valence-electron chi connectivity index (χ1n) is 12.5. The minimum absolute atomic E-state index is 0.0861. The van der Waals surface area contributed by atoms with Gasteiger partial charge in [0.2, 0.25) is 10.0 Å². The van der Waals surface area contributed by atoms with Gasteiger partial charge in [-0.3, -0.25) is 9.78 Å². The van der Waals surface area contributed by atoms with Gasteiger partial charge < -0.3 is 14.7 Å². The number of hydrogen-bond donors (Lipinski definition) is 1. The van der Waals surface area contributed by atoms with Crippen LogP contribution in [0.4, 0.5) is 0 Å². The van der Waals surface area contributed by atoms with Gasteiger partial charge in [0.15, 0.2) is 0 Å². The number of benzene rings is 1. The van der Waals surface area contributed by atoms with Crippen LogP contribution in [0.15, 0.2) is 53.7 Å². The number of aliphatic hydroxyl groups is 1. The van der Waals surface area contributed by atoms with Crippen molar-refractivity contribution in [2.24, 2.45) is 5.92 Å². The van der Waals surface area contributed by atoms with Crippen molar-refractivity contribution in [2.45, 2.75) is 56.6 Å². The Bertz CT molecular complexity index is 1220. The number of ether oxygens (including phenoxy) is 1. The van der Waals surface area contributed by atoms with E-state index < -0.39 is 22.2 Å². The molecule has 0 radical (unpaired) electrons. The van der Waals surface area contributed by atoms with Crippen molar-refractivity contribution < 1.29 is 23.1 Å². The molecule has 1 N–H and O–H groups in total. The van der Waals surface area contributed by atoms with E-state index in [-0.39, 0.29) is 42.2 Å². The molecule has 2 heterocycles. The van der Waals surface area contributed by atoms with E-state index in [9.17, 15) is 18.3 Å². The number of aliphatic hydroxyl groups excluding tert-OH is 1. The number of rotatable bonds is 6. The molecule has 0 saturated heterocycles.